The van der Waals surface area contributed by atoms with E-state index in [1.54, 1.807) is 6.92 Å². The van der Waals surface area contributed by atoms with Gasteiger partial charge in [0.2, 0.25) is 0 Å². The van der Waals surface area contributed by atoms with Crippen LogP contribution in [0.2, 0.25) is 0 Å². The van der Waals surface area contributed by atoms with Gasteiger partial charge in [0.1, 0.15) is 5.54 Å². The Bertz CT molecular complexity index is 244. The minimum absolute atomic E-state index is 0.196. The number of carboxylic acid groups (broad SMARTS) is 1. The second-order valence-electron chi connectivity index (χ2n) is 5.86. The summed E-state index contributed by atoms with van der Waals surface area (Å²) in [4.78, 5) is 11.3. The van der Waals surface area contributed by atoms with E-state index in [0.29, 0.717) is 6.42 Å². The molecule has 108 valence electrons. The van der Waals surface area contributed by atoms with E-state index in [0.717, 1.165) is 24.5 Å². The van der Waals surface area contributed by atoms with Crippen molar-refractivity contribution < 1.29 is 9.90 Å². The highest BCUT2D eigenvalue weighted by Crippen LogP contribution is 2.17. The molecule has 0 aromatic rings. The van der Waals surface area contributed by atoms with Gasteiger partial charge in [-0.2, -0.15) is 11.8 Å². The highest BCUT2D eigenvalue weighted by molar-refractivity contribution is 7.99. The molecule has 2 N–H and O–H groups in total. The molecule has 4 heteroatoms. The third-order valence-electron chi connectivity index (χ3n) is 2.75. The van der Waals surface area contributed by atoms with E-state index in [-0.39, 0.29) is 6.04 Å². The summed E-state index contributed by atoms with van der Waals surface area (Å²) in [6.45, 7) is 10.2. The Hall–Kier alpha value is -0.220. The summed E-state index contributed by atoms with van der Waals surface area (Å²) < 4.78 is 0. The smallest absolute Gasteiger partial charge is 0.323 e. The largest absolute Gasteiger partial charge is 0.480 e. The number of hydrogen-bond donors (Lipinski definition) is 2. The Morgan fingerprint density at radius 1 is 1.28 bits per heavy atom. The molecule has 0 aromatic heterocycles. The van der Waals surface area contributed by atoms with Gasteiger partial charge in [-0.05, 0) is 51.0 Å². The van der Waals surface area contributed by atoms with Crippen molar-refractivity contribution >= 4 is 17.7 Å². The monoisotopic (exact) mass is 275 g/mol. The second kappa shape index (κ2) is 8.81. The molecule has 3 nitrogen and oxygen atoms in total. The van der Waals surface area contributed by atoms with Crippen molar-refractivity contribution in [3.8, 4) is 0 Å². The first-order valence-corrected chi connectivity index (χ1v) is 8.02. The van der Waals surface area contributed by atoms with Crippen molar-refractivity contribution in [1.82, 2.24) is 5.32 Å². The van der Waals surface area contributed by atoms with E-state index >= 15 is 0 Å². The molecule has 0 bridgehead atoms. The molecular formula is C14H29NO2S. The lowest BCUT2D eigenvalue weighted by molar-refractivity contribution is -0.144. The van der Waals surface area contributed by atoms with Crippen molar-refractivity contribution in [3.05, 3.63) is 0 Å². The van der Waals surface area contributed by atoms with Gasteiger partial charge in [-0.3, -0.25) is 10.1 Å². The van der Waals surface area contributed by atoms with Crippen LogP contribution in [0.1, 0.15) is 53.9 Å². The van der Waals surface area contributed by atoms with Gasteiger partial charge in [-0.25, -0.2) is 0 Å². The van der Waals surface area contributed by atoms with Crippen LogP contribution in [0.25, 0.3) is 0 Å². The van der Waals surface area contributed by atoms with Crippen LogP contribution in [-0.4, -0.2) is 34.2 Å². The number of thioether (sulfide) groups is 1. The first-order valence-electron chi connectivity index (χ1n) is 6.86. The fourth-order valence-electron chi connectivity index (χ4n) is 1.88. The zero-order chi connectivity index (χ0) is 14.2. The number of carbonyl (C=O) groups is 1. The number of nitrogens with one attached hydrogen (secondary N) is 1. The standard InChI is InChI=1S/C14H29NO2S/c1-11(2)10-18-9-7-6-8-14(5,13(16)17)15-12(3)4/h11-12,15H,6-10H2,1-5H3,(H,16,17). The fraction of sp³-hybridized carbons (Fsp3) is 0.929. The molecule has 0 spiro atoms. The molecule has 0 radical (unpaired) electrons. The van der Waals surface area contributed by atoms with Crippen LogP contribution in [0, 0.1) is 5.92 Å². The number of hydrogen-bond acceptors (Lipinski definition) is 3. The molecule has 0 aliphatic heterocycles. The van der Waals surface area contributed by atoms with E-state index < -0.39 is 11.5 Å². The average molecular weight is 275 g/mol. The average Bonchev–Trinajstić information content (AvgIpc) is 2.21. The lowest BCUT2D eigenvalue weighted by Crippen LogP contribution is -2.52. The summed E-state index contributed by atoms with van der Waals surface area (Å²) >= 11 is 1.97. The van der Waals surface area contributed by atoms with Crippen LogP contribution in [0.15, 0.2) is 0 Å². The summed E-state index contributed by atoms with van der Waals surface area (Å²) in [5.41, 5.74) is -0.781. The first kappa shape index (κ1) is 17.8. The van der Waals surface area contributed by atoms with Crippen LogP contribution in [0.4, 0.5) is 0 Å². The topological polar surface area (TPSA) is 49.3 Å². The number of carboxylic acids is 1. The Morgan fingerprint density at radius 2 is 1.89 bits per heavy atom. The third-order valence-corrected chi connectivity index (χ3v) is 4.23. The van der Waals surface area contributed by atoms with Crippen LogP contribution < -0.4 is 5.32 Å². The molecule has 0 saturated heterocycles. The van der Waals surface area contributed by atoms with Gasteiger partial charge in [-0.15, -0.1) is 0 Å². The highest BCUT2D eigenvalue weighted by atomic mass is 32.2. The van der Waals surface area contributed by atoms with Gasteiger partial charge < -0.3 is 5.11 Å². The molecule has 1 atom stereocenters. The molecule has 0 saturated carbocycles. The van der Waals surface area contributed by atoms with Crippen molar-refractivity contribution in [2.24, 2.45) is 5.92 Å². The predicted molar refractivity (Wildman–Crippen MR) is 80.3 cm³/mol. The minimum atomic E-state index is -0.781. The molecule has 0 rings (SSSR count). The molecule has 0 aromatic carbocycles. The van der Waals surface area contributed by atoms with Crippen molar-refractivity contribution in [3.63, 3.8) is 0 Å². The van der Waals surface area contributed by atoms with Crippen LogP contribution in [-0.2, 0) is 4.79 Å². The maximum absolute atomic E-state index is 11.3. The van der Waals surface area contributed by atoms with Gasteiger partial charge >= 0.3 is 5.97 Å². The lowest BCUT2D eigenvalue weighted by Gasteiger charge is -2.28. The molecule has 0 fully saturated rings. The molecule has 0 heterocycles. The van der Waals surface area contributed by atoms with Gasteiger partial charge in [0, 0.05) is 6.04 Å². The van der Waals surface area contributed by atoms with E-state index in [9.17, 15) is 9.90 Å². The molecule has 0 aliphatic carbocycles. The quantitative estimate of drug-likeness (QED) is 0.600. The van der Waals surface area contributed by atoms with E-state index in [2.05, 4.69) is 19.2 Å². The zero-order valence-corrected chi connectivity index (χ0v) is 13.3. The summed E-state index contributed by atoms with van der Waals surface area (Å²) in [6, 6.07) is 0.196. The Labute approximate surface area is 116 Å². The van der Waals surface area contributed by atoms with Gasteiger partial charge in [-0.1, -0.05) is 20.3 Å². The molecule has 0 aliphatic rings. The molecule has 18 heavy (non-hydrogen) atoms. The molecule has 0 amide bonds. The maximum atomic E-state index is 11.3. The summed E-state index contributed by atoms with van der Waals surface area (Å²) in [6.07, 6.45) is 2.76. The summed E-state index contributed by atoms with van der Waals surface area (Å²) in [5.74, 6) is 2.32. The first-order chi connectivity index (χ1) is 8.28. The Kier molecular flexibility index (Phi) is 8.70. The van der Waals surface area contributed by atoms with Crippen LogP contribution in [0.5, 0.6) is 0 Å². The predicted octanol–water partition coefficient (Wildman–Crippen LogP) is 3.39. The van der Waals surface area contributed by atoms with Gasteiger partial charge in [0.15, 0.2) is 0 Å². The summed E-state index contributed by atoms with van der Waals surface area (Å²) in [5, 5.41) is 12.4. The molecular weight excluding hydrogens is 246 g/mol. The zero-order valence-electron chi connectivity index (χ0n) is 12.5. The number of rotatable bonds is 10. The third kappa shape index (κ3) is 7.98. The second-order valence-corrected chi connectivity index (χ2v) is 7.01. The number of aliphatic carboxylic acids is 1. The lowest BCUT2D eigenvalue weighted by atomic mass is 9.94. The maximum Gasteiger partial charge on any atom is 0.323 e. The van der Waals surface area contributed by atoms with E-state index in [1.165, 1.54) is 5.75 Å². The summed E-state index contributed by atoms with van der Waals surface area (Å²) in [7, 11) is 0. The normalized spacial score (nSPS) is 15.1. The SMILES string of the molecule is CC(C)CSCCCCC(C)(NC(C)C)C(=O)O. The van der Waals surface area contributed by atoms with Crippen LogP contribution in [0.3, 0.4) is 0 Å². The van der Waals surface area contributed by atoms with Crippen molar-refractivity contribution in [2.75, 3.05) is 11.5 Å². The van der Waals surface area contributed by atoms with Crippen LogP contribution >= 0.6 is 11.8 Å². The minimum Gasteiger partial charge on any atom is -0.480 e. The van der Waals surface area contributed by atoms with E-state index in [1.807, 2.05) is 25.6 Å². The Balaban J connectivity index is 3.88. The van der Waals surface area contributed by atoms with Crippen molar-refractivity contribution in [2.45, 2.75) is 65.5 Å². The fourth-order valence-corrected chi connectivity index (χ4v) is 2.93. The van der Waals surface area contributed by atoms with Gasteiger partial charge in [0.05, 0.1) is 0 Å². The Morgan fingerprint density at radius 3 is 2.33 bits per heavy atom. The van der Waals surface area contributed by atoms with E-state index in [4.69, 9.17) is 0 Å². The number of unbranched alkanes of at least 4 members (excludes halogenated alkanes) is 1. The molecule has 1 unspecified atom stereocenters. The highest BCUT2D eigenvalue weighted by Gasteiger charge is 2.32. The van der Waals surface area contributed by atoms with Crippen molar-refractivity contribution in [1.29, 1.82) is 0 Å². The van der Waals surface area contributed by atoms with Gasteiger partial charge in [0.25, 0.3) is 0 Å².